The SMILES string of the molecule is O=C(NC(=O)c1ccccc1F)Nc1ccc(COC(c2ccccc2)C(F)(F)F)nc1. The van der Waals surface area contributed by atoms with Crippen molar-refractivity contribution in [1.82, 2.24) is 10.3 Å². The van der Waals surface area contributed by atoms with Crippen molar-refractivity contribution >= 4 is 17.6 Å². The summed E-state index contributed by atoms with van der Waals surface area (Å²) in [6.45, 7) is -0.419. The first kappa shape index (κ1) is 22.9. The molecule has 3 aromatic rings. The van der Waals surface area contributed by atoms with Gasteiger partial charge in [-0.1, -0.05) is 42.5 Å². The minimum Gasteiger partial charge on any atom is -0.358 e. The molecule has 3 amide bonds. The molecule has 0 saturated carbocycles. The van der Waals surface area contributed by atoms with Crippen molar-refractivity contribution in [2.45, 2.75) is 18.9 Å². The van der Waals surface area contributed by atoms with Gasteiger partial charge in [-0.3, -0.25) is 15.1 Å². The highest BCUT2D eigenvalue weighted by Crippen LogP contribution is 2.36. The number of halogens is 4. The molecule has 1 aromatic heterocycles. The normalized spacial score (nSPS) is 12.1. The van der Waals surface area contributed by atoms with E-state index in [1.165, 1.54) is 60.8 Å². The van der Waals surface area contributed by atoms with E-state index in [-0.39, 0.29) is 22.5 Å². The van der Waals surface area contributed by atoms with Crippen LogP contribution in [0, 0.1) is 5.82 Å². The van der Waals surface area contributed by atoms with Crippen molar-refractivity contribution in [3.05, 3.63) is 95.6 Å². The van der Waals surface area contributed by atoms with Gasteiger partial charge in [-0.05, 0) is 29.8 Å². The second-order valence-corrected chi connectivity index (χ2v) is 6.57. The van der Waals surface area contributed by atoms with E-state index in [1.807, 2.05) is 5.32 Å². The number of anilines is 1. The molecule has 0 spiro atoms. The maximum Gasteiger partial charge on any atom is 0.418 e. The lowest BCUT2D eigenvalue weighted by Crippen LogP contribution is -2.34. The number of alkyl halides is 3. The van der Waals surface area contributed by atoms with Crippen molar-refractivity contribution in [1.29, 1.82) is 0 Å². The number of imide groups is 1. The molecule has 6 nitrogen and oxygen atoms in total. The number of ether oxygens (including phenoxy) is 1. The van der Waals surface area contributed by atoms with Crippen LogP contribution in [0.5, 0.6) is 0 Å². The molecule has 0 aliphatic rings. The summed E-state index contributed by atoms with van der Waals surface area (Å²) in [6, 6.07) is 14.2. The van der Waals surface area contributed by atoms with Crippen LogP contribution in [-0.4, -0.2) is 23.1 Å². The molecule has 1 heterocycles. The van der Waals surface area contributed by atoms with E-state index in [2.05, 4.69) is 10.3 Å². The molecule has 1 atom stereocenters. The first-order chi connectivity index (χ1) is 15.2. The Morgan fingerprint density at radius 1 is 0.969 bits per heavy atom. The van der Waals surface area contributed by atoms with Crippen LogP contribution in [0.3, 0.4) is 0 Å². The van der Waals surface area contributed by atoms with E-state index in [9.17, 15) is 27.2 Å². The van der Waals surface area contributed by atoms with Gasteiger partial charge in [0.25, 0.3) is 5.91 Å². The molecule has 0 aliphatic heterocycles. The van der Waals surface area contributed by atoms with Crippen LogP contribution in [0.25, 0.3) is 0 Å². The fourth-order valence-corrected chi connectivity index (χ4v) is 2.74. The molecule has 2 N–H and O–H groups in total. The molecule has 10 heteroatoms. The van der Waals surface area contributed by atoms with Gasteiger partial charge in [0.2, 0.25) is 0 Å². The van der Waals surface area contributed by atoms with Gasteiger partial charge in [-0.25, -0.2) is 9.18 Å². The maximum atomic E-state index is 13.6. The summed E-state index contributed by atoms with van der Waals surface area (Å²) in [5, 5.41) is 4.30. The average molecular weight is 447 g/mol. The predicted molar refractivity (Wildman–Crippen MR) is 107 cm³/mol. The third kappa shape index (κ3) is 6.11. The summed E-state index contributed by atoms with van der Waals surface area (Å²) in [5.41, 5.74) is 0.0342. The van der Waals surface area contributed by atoms with Crippen LogP contribution < -0.4 is 10.6 Å². The van der Waals surface area contributed by atoms with Crippen LogP contribution in [-0.2, 0) is 11.3 Å². The predicted octanol–water partition coefficient (Wildman–Crippen LogP) is 5.00. The largest absolute Gasteiger partial charge is 0.418 e. The van der Waals surface area contributed by atoms with Crippen molar-refractivity contribution in [3.8, 4) is 0 Å². The Morgan fingerprint density at radius 2 is 1.66 bits per heavy atom. The smallest absolute Gasteiger partial charge is 0.358 e. The third-order valence-electron chi connectivity index (χ3n) is 4.23. The van der Waals surface area contributed by atoms with Gasteiger partial charge in [0.15, 0.2) is 6.10 Å². The minimum atomic E-state index is -4.61. The van der Waals surface area contributed by atoms with Crippen molar-refractivity contribution in [2.24, 2.45) is 0 Å². The summed E-state index contributed by atoms with van der Waals surface area (Å²) >= 11 is 0. The summed E-state index contributed by atoms with van der Waals surface area (Å²) in [4.78, 5) is 27.8. The third-order valence-corrected chi connectivity index (χ3v) is 4.23. The highest BCUT2D eigenvalue weighted by Gasteiger charge is 2.41. The van der Waals surface area contributed by atoms with Crippen LogP contribution in [0.1, 0.15) is 27.7 Å². The van der Waals surface area contributed by atoms with Gasteiger partial charge in [0.05, 0.1) is 29.7 Å². The van der Waals surface area contributed by atoms with Crippen LogP contribution in [0.4, 0.5) is 28.0 Å². The van der Waals surface area contributed by atoms with Crippen molar-refractivity contribution in [3.63, 3.8) is 0 Å². The number of benzene rings is 2. The quantitative estimate of drug-likeness (QED) is 0.521. The zero-order valence-corrected chi connectivity index (χ0v) is 16.4. The van der Waals surface area contributed by atoms with E-state index < -0.39 is 36.6 Å². The Labute approximate surface area is 180 Å². The highest BCUT2D eigenvalue weighted by atomic mass is 19.4. The summed E-state index contributed by atoms with van der Waals surface area (Å²) < 4.78 is 58.6. The Kier molecular flexibility index (Phi) is 7.16. The first-order valence-electron chi connectivity index (χ1n) is 9.29. The lowest BCUT2D eigenvalue weighted by molar-refractivity contribution is -0.227. The summed E-state index contributed by atoms with van der Waals surface area (Å²) in [7, 11) is 0. The molecule has 0 radical (unpaired) electrons. The van der Waals surface area contributed by atoms with Gasteiger partial charge < -0.3 is 10.1 Å². The Hall–Kier alpha value is -3.79. The molecule has 0 aliphatic carbocycles. The van der Waals surface area contributed by atoms with Gasteiger partial charge in [-0.2, -0.15) is 13.2 Å². The van der Waals surface area contributed by atoms with E-state index in [0.717, 1.165) is 6.07 Å². The van der Waals surface area contributed by atoms with Gasteiger partial charge in [-0.15, -0.1) is 0 Å². The number of nitrogens with zero attached hydrogens (tertiary/aromatic N) is 1. The number of aromatic nitrogens is 1. The number of amides is 3. The van der Waals surface area contributed by atoms with E-state index in [1.54, 1.807) is 6.07 Å². The zero-order chi connectivity index (χ0) is 23.1. The van der Waals surface area contributed by atoms with E-state index in [0.29, 0.717) is 0 Å². The topological polar surface area (TPSA) is 80.3 Å². The number of pyridine rings is 1. The number of urea groups is 1. The fourth-order valence-electron chi connectivity index (χ4n) is 2.74. The molecule has 2 aromatic carbocycles. The zero-order valence-electron chi connectivity index (χ0n) is 16.4. The Balaban J connectivity index is 1.57. The average Bonchev–Trinajstić information content (AvgIpc) is 2.75. The first-order valence-corrected chi connectivity index (χ1v) is 9.29. The molecular formula is C22H17F4N3O3. The number of rotatable bonds is 6. The number of hydrogen-bond acceptors (Lipinski definition) is 4. The molecule has 166 valence electrons. The molecule has 3 rings (SSSR count). The van der Waals surface area contributed by atoms with Gasteiger partial charge in [0, 0.05) is 0 Å². The number of nitrogens with one attached hydrogen (secondary N) is 2. The van der Waals surface area contributed by atoms with Crippen molar-refractivity contribution < 1.29 is 31.9 Å². The molecule has 1 unspecified atom stereocenters. The molecule has 0 saturated heterocycles. The maximum absolute atomic E-state index is 13.6. The fraction of sp³-hybridized carbons (Fsp3) is 0.136. The van der Waals surface area contributed by atoms with Crippen LogP contribution >= 0.6 is 0 Å². The van der Waals surface area contributed by atoms with Gasteiger partial charge >= 0.3 is 12.2 Å². The number of hydrogen-bond donors (Lipinski definition) is 2. The van der Waals surface area contributed by atoms with Gasteiger partial charge in [0.1, 0.15) is 5.82 Å². The van der Waals surface area contributed by atoms with Crippen LogP contribution in [0.2, 0.25) is 0 Å². The molecule has 32 heavy (non-hydrogen) atoms. The number of carbonyl (C=O) groups excluding carboxylic acids is 2. The summed E-state index contributed by atoms with van der Waals surface area (Å²) in [5.74, 6) is -1.71. The van der Waals surface area contributed by atoms with Crippen molar-refractivity contribution in [2.75, 3.05) is 5.32 Å². The molecular weight excluding hydrogens is 430 g/mol. The lowest BCUT2D eigenvalue weighted by Gasteiger charge is -2.21. The summed E-state index contributed by atoms with van der Waals surface area (Å²) in [6.07, 6.45) is -5.53. The molecule has 0 bridgehead atoms. The molecule has 0 fully saturated rings. The van der Waals surface area contributed by atoms with E-state index in [4.69, 9.17) is 4.74 Å². The Morgan fingerprint density at radius 3 is 2.28 bits per heavy atom. The minimum absolute atomic E-state index is 0.0329. The van der Waals surface area contributed by atoms with Crippen LogP contribution in [0.15, 0.2) is 72.9 Å². The van der Waals surface area contributed by atoms with E-state index >= 15 is 0 Å². The second kappa shape index (κ2) is 10.0. The standard InChI is InChI=1S/C22H17F4N3O3/c23-18-9-5-4-8-17(18)20(30)29-21(31)28-15-10-11-16(27-12-15)13-32-19(22(24,25)26)14-6-2-1-3-7-14/h1-12,19H,13H2,(H2,28,29,30,31). The Bertz CT molecular complexity index is 1070. The second-order valence-electron chi connectivity index (χ2n) is 6.57. The monoisotopic (exact) mass is 447 g/mol. The lowest BCUT2D eigenvalue weighted by atomic mass is 10.1. The number of carbonyl (C=O) groups is 2. The highest BCUT2D eigenvalue weighted by molar-refractivity contribution is 6.08.